The first-order chi connectivity index (χ1) is 41.4. The second kappa shape index (κ2) is 27.4. The molecule has 2 saturated heterocycles. The largest absolute Gasteiger partial charge is 0.756 e. The van der Waals surface area contributed by atoms with Crippen LogP contribution in [-0.4, -0.2) is 137 Å². The minimum Gasteiger partial charge on any atom is -0.756 e. The third-order valence-electron chi connectivity index (χ3n) is 19.7. The van der Waals surface area contributed by atoms with Crippen molar-refractivity contribution in [2.75, 3.05) is 18.9 Å². The summed E-state index contributed by atoms with van der Waals surface area (Å²) in [6, 6.07) is -1.07. The molecule has 0 aromatic carbocycles. The molecule has 6 aliphatic heterocycles. The van der Waals surface area contributed by atoms with Gasteiger partial charge in [0, 0.05) is 125 Å². The Morgan fingerprint density at radius 1 is 0.813 bits per heavy atom. The number of anilines is 1. The van der Waals surface area contributed by atoms with Crippen LogP contribution >= 0.6 is 7.82 Å². The normalized spacial score (nSPS) is 33.7. The first kappa shape index (κ1) is 73.2. The van der Waals surface area contributed by atoms with Crippen molar-refractivity contribution in [2.24, 2.45) is 94.7 Å². The second-order valence-electron chi connectivity index (χ2n) is 26.0. The monoisotopic (exact) mass is 1330 g/mol. The van der Waals surface area contributed by atoms with Gasteiger partial charge in [0.15, 0.2) is 17.7 Å². The van der Waals surface area contributed by atoms with E-state index >= 15 is 0 Å². The number of aromatic nitrogens is 4. The van der Waals surface area contributed by atoms with E-state index in [-0.39, 0.29) is 118 Å². The fourth-order valence-corrected chi connectivity index (χ4v) is 16.1. The van der Waals surface area contributed by atoms with Crippen LogP contribution in [0.15, 0.2) is 61.9 Å². The maximum absolute atomic E-state index is 14.3. The number of hydrogen-bond donors (Lipinski definition) is 10. The molecule has 32 heteroatoms. The molecule has 8 heterocycles. The average Bonchev–Trinajstić information content (AvgIpc) is 1.53. The number of carbonyl (C=O) groups is 7. The fourth-order valence-electron chi connectivity index (χ4n) is 14.9. The molecule has 1 radical (unpaired) electrons. The summed E-state index contributed by atoms with van der Waals surface area (Å²) in [5.74, 6) is -7.51. The zero-order valence-corrected chi connectivity index (χ0v) is 54.8. The number of phosphoric acid groups is 1. The standard InChI is InChI=1S/C58H85N16O14P.CH3.Co/c1-26(87-89(84,85)88-47-34(23-75)86-53(46(47)83)74-25-69-52-45(74)51(65)67-24-68-52)22-66-42(82)16-17-55(6)32(18-39(62)79)50-58(9)57(8,21-41(64)81)31(12-15-38(61)78)44(73-58)28(3)49-56(7,20-40(63)80)29(10-13-36(59)76)33(70-49)19-35-54(4,5)30(11-14-37(60)77)43(71-35)27(2)48(55)72-50;;/h19,24-26,29-32,34,46-47,50,53,75,83H,10-18,20-23H2,1-9H3,(H17,59,60,61,62,63,64,65,66,67,68,70,71,72,73,76,77,78,79,80,81,82,84,85);1H3;/q;-1;/p-2/t26-,29+,30+,31+,32-,34+,46+,47+,50+,53-,55-,56-,57-,58-;;/m0../s1. The van der Waals surface area contributed by atoms with E-state index in [9.17, 15) is 53.2 Å². The third kappa shape index (κ3) is 14.0. The van der Waals surface area contributed by atoms with E-state index in [1.165, 1.54) is 24.1 Å². The number of allylic oxidation sites excluding steroid dienone is 6. The first-order valence-corrected chi connectivity index (χ1v) is 31.1. The SMILES string of the molecule is C/C1=C2N=C(/C=C3N=C(/C(C)=C4\[N-][C@H]([C@H](CC(N)=O)[C@]4(C)CCC(=O)NC[C@H](C)OP(=O)([O-])O[C@H]4[C@@H](O)[C@@H](n5cnc6ncnc(N)c65)O[C@@H]4CO)[C@]4(C)N=C1[C@@H](CCC(N)=O)[C@]4(C)CC(N)=O)[C@@H](CCC(N)=O)C\3(C)C)[C@@H](CCC(N)=O)[C@]/2(C)CC(N)=O.[CH3-].[Co]. The molecule has 2 aromatic heterocycles. The van der Waals surface area contributed by atoms with Gasteiger partial charge in [-0.2, -0.15) is 5.70 Å². The minimum atomic E-state index is -5.36. The number of amides is 7. The number of aliphatic hydroxyl groups excluding tert-OH is 2. The molecular weight excluding hydrogens is 1250 g/mol. The van der Waals surface area contributed by atoms with E-state index in [1.807, 2.05) is 40.7 Å². The maximum Gasteiger partial charge on any atom is 0.268 e. The van der Waals surface area contributed by atoms with Gasteiger partial charge in [-0.25, -0.2) is 15.0 Å². The smallest absolute Gasteiger partial charge is 0.268 e. The predicted octanol–water partition coefficient (Wildman–Crippen LogP) is 1.52. The van der Waals surface area contributed by atoms with Crippen LogP contribution in [0.25, 0.3) is 16.5 Å². The van der Waals surface area contributed by atoms with Gasteiger partial charge in [-0.15, -0.1) is 0 Å². The number of aliphatic imine (C=N–C) groups is 3. The van der Waals surface area contributed by atoms with Crippen molar-refractivity contribution in [1.29, 1.82) is 0 Å². The molecule has 7 amide bonds. The van der Waals surface area contributed by atoms with Crippen LogP contribution in [0.5, 0.6) is 0 Å². The molecule has 6 aliphatic rings. The summed E-state index contributed by atoms with van der Waals surface area (Å²) >= 11 is 0. The van der Waals surface area contributed by atoms with E-state index < -0.39 is 143 Å². The molecule has 1 unspecified atom stereocenters. The number of carbonyl (C=O) groups excluding carboxylic acids is 7. The summed E-state index contributed by atoms with van der Waals surface area (Å²) in [7, 11) is -5.36. The Morgan fingerprint density at radius 3 is 2.00 bits per heavy atom. The predicted molar refractivity (Wildman–Crippen MR) is 329 cm³/mol. The Bertz CT molecular complexity index is 3500. The van der Waals surface area contributed by atoms with Crippen molar-refractivity contribution in [3.05, 3.63) is 59.7 Å². The fraction of sp³-hybridized carbons (Fsp3) is 0.627. The number of phosphoric ester groups is 1. The molecular formula is C59H86CoN16O14P-3. The van der Waals surface area contributed by atoms with Crippen LogP contribution < -0.4 is 50.3 Å². The molecule has 0 spiro atoms. The zero-order valence-electron chi connectivity index (χ0n) is 52.9. The number of nitrogens with zero attached hydrogens (tertiary/aromatic N) is 8. The van der Waals surface area contributed by atoms with Crippen LogP contribution in [0.1, 0.15) is 139 Å². The average molecular weight is 1330 g/mol. The molecule has 0 aliphatic carbocycles. The molecule has 15 atom stereocenters. The van der Waals surface area contributed by atoms with E-state index in [1.54, 1.807) is 20.8 Å². The third-order valence-corrected chi connectivity index (χ3v) is 20.8. The van der Waals surface area contributed by atoms with Crippen LogP contribution in [0.4, 0.5) is 5.82 Å². The number of nitrogens with one attached hydrogen (secondary N) is 1. The van der Waals surface area contributed by atoms with Gasteiger partial charge >= 0.3 is 0 Å². The maximum atomic E-state index is 14.3. The minimum absolute atomic E-state index is 0. The van der Waals surface area contributed by atoms with E-state index in [2.05, 4.69) is 20.3 Å². The van der Waals surface area contributed by atoms with Gasteiger partial charge in [-0.3, -0.25) is 57.7 Å². The molecule has 8 rings (SSSR count). The molecule has 2 fully saturated rings. The van der Waals surface area contributed by atoms with Crippen LogP contribution in [-0.2, 0) is 68.7 Å². The van der Waals surface area contributed by atoms with Crippen LogP contribution in [0.3, 0.4) is 0 Å². The summed E-state index contributed by atoms with van der Waals surface area (Å²) in [5.41, 5.74) is 39.8. The van der Waals surface area contributed by atoms with Crippen molar-refractivity contribution >= 4 is 83.3 Å². The van der Waals surface area contributed by atoms with Gasteiger partial charge in [0.25, 0.3) is 7.82 Å². The Kier molecular flexibility index (Phi) is 22.0. The van der Waals surface area contributed by atoms with Crippen molar-refractivity contribution in [3.8, 4) is 0 Å². The molecule has 0 saturated carbocycles. The van der Waals surface area contributed by atoms with E-state index in [0.29, 0.717) is 45.4 Å². The number of nitrogens with two attached hydrogens (primary N) is 7. The Labute approximate surface area is 538 Å². The summed E-state index contributed by atoms with van der Waals surface area (Å²) < 4.78 is 31.3. The second-order valence-corrected chi connectivity index (χ2v) is 27.3. The summed E-state index contributed by atoms with van der Waals surface area (Å²) in [5, 5.41) is 29.9. The quantitative estimate of drug-likeness (QED) is 0.0471. The molecule has 17 N–H and O–H groups in total. The first-order valence-electron chi connectivity index (χ1n) is 29.6. The van der Waals surface area contributed by atoms with Crippen LogP contribution in [0, 0.1) is 52.8 Å². The van der Waals surface area contributed by atoms with Crippen molar-refractivity contribution in [3.63, 3.8) is 0 Å². The Balaban J connectivity index is 0.00000658. The van der Waals surface area contributed by atoms with Crippen LogP contribution in [0.2, 0.25) is 0 Å². The van der Waals surface area contributed by atoms with E-state index in [0.717, 1.165) is 0 Å². The Hall–Kier alpha value is -6.83. The van der Waals surface area contributed by atoms with Gasteiger partial charge in [0.05, 0.1) is 23.9 Å². The molecule has 8 bridgehead atoms. The topological polar surface area (TPSA) is 517 Å². The Morgan fingerprint density at radius 2 is 1.42 bits per heavy atom. The summed E-state index contributed by atoms with van der Waals surface area (Å²) in [4.78, 5) is 135. The van der Waals surface area contributed by atoms with Crippen molar-refractivity contribution in [2.45, 2.75) is 175 Å². The number of hydrogen-bond acceptors (Lipinski definition) is 21. The summed E-state index contributed by atoms with van der Waals surface area (Å²) in [6.07, 6.45) is -4.35. The van der Waals surface area contributed by atoms with Gasteiger partial charge < -0.3 is 87.1 Å². The van der Waals surface area contributed by atoms with Gasteiger partial charge in [0.2, 0.25) is 41.4 Å². The molecule has 503 valence electrons. The van der Waals surface area contributed by atoms with Crippen molar-refractivity contribution in [1.82, 2.24) is 24.8 Å². The van der Waals surface area contributed by atoms with Gasteiger partial charge in [-0.1, -0.05) is 40.7 Å². The number of nitrogen functional groups attached to an aromatic ring is 1. The summed E-state index contributed by atoms with van der Waals surface area (Å²) in [6.45, 7) is 14.9. The molecule has 2 aromatic rings. The van der Waals surface area contributed by atoms with E-state index in [4.69, 9.17) is 74.2 Å². The van der Waals surface area contributed by atoms with Crippen molar-refractivity contribution < 1.29 is 83.8 Å². The number of aliphatic hydroxyl groups is 2. The molecule has 30 nitrogen and oxygen atoms in total. The number of rotatable bonds is 26. The van der Waals surface area contributed by atoms with Gasteiger partial charge in [0.1, 0.15) is 36.5 Å². The van der Waals surface area contributed by atoms with Gasteiger partial charge in [-0.05, 0) is 81.9 Å². The molecule has 91 heavy (non-hydrogen) atoms. The number of imidazole rings is 1. The number of ether oxygens (including phenoxy) is 1. The number of primary amides is 6. The zero-order chi connectivity index (χ0) is 65.8. The number of fused-ring (bicyclic) bond motifs is 7.